The van der Waals surface area contributed by atoms with Crippen LogP contribution in [-0.2, 0) is 4.74 Å². The van der Waals surface area contributed by atoms with Crippen LogP contribution >= 0.6 is 0 Å². The zero-order valence-electron chi connectivity index (χ0n) is 11.8. The topological polar surface area (TPSA) is 42.4 Å². The Morgan fingerprint density at radius 1 is 1.42 bits per heavy atom. The smallest absolute Gasteiger partial charge is 0.341 e. The van der Waals surface area contributed by atoms with Crippen molar-refractivity contribution in [1.29, 1.82) is 0 Å². The molecule has 1 aromatic heterocycles. The molecule has 1 heterocycles. The van der Waals surface area contributed by atoms with Crippen molar-refractivity contribution in [1.82, 2.24) is 4.98 Å². The summed E-state index contributed by atoms with van der Waals surface area (Å²) in [5.41, 5.74) is 0.567. The number of esters is 1. The Balaban J connectivity index is 2.20. The molecule has 104 valence electrons. The fourth-order valence-electron chi connectivity index (χ4n) is 2.69. The Morgan fingerprint density at radius 3 is 2.84 bits per heavy atom. The summed E-state index contributed by atoms with van der Waals surface area (Å²) in [7, 11) is 2.03. The second kappa shape index (κ2) is 6.55. The molecule has 0 spiro atoms. The number of aromatic nitrogens is 1. The zero-order valence-corrected chi connectivity index (χ0v) is 11.8. The molecular weight excluding hydrogens is 240 g/mol. The van der Waals surface area contributed by atoms with E-state index < -0.39 is 0 Å². The number of hydrogen-bond acceptors (Lipinski definition) is 4. The molecule has 0 N–H and O–H groups in total. The van der Waals surface area contributed by atoms with Crippen molar-refractivity contribution in [2.75, 3.05) is 18.6 Å². The Hall–Kier alpha value is -1.58. The average Bonchev–Trinajstić information content (AvgIpc) is 2.47. The largest absolute Gasteiger partial charge is 0.462 e. The maximum atomic E-state index is 12.0. The van der Waals surface area contributed by atoms with Crippen LogP contribution in [0, 0.1) is 0 Å². The number of pyridine rings is 1. The summed E-state index contributed by atoms with van der Waals surface area (Å²) in [6, 6.07) is 4.06. The molecule has 19 heavy (non-hydrogen) atoms. The van der Waals surface area contributed by atoms with Crippen molar-refractivity contribution in [2.45, 2.75) is 45.1 Å². The maximum absolute atomic E-state index is 12.0. The van der Waals surface area contributed by atoms with Gasteiger partial charge in [0.25, 0.3) is 0 Å². The molecule has 0 atom stereocenters. The molecule has 0 unspecified atom stereocenters. The van der Waals surface area contributed by atoms with E-state index in [0.29, 0.717) is 18.2 Å². The van der Waals surface area contributed by atoms with Crippen molar-refractivity contribution in [2.24, 2.45) is 0 Å². The third-order valence-corrected chi connectivity index (χ3v) is 3.74. The lowest BCUT2D eigenvalue weighted by Gasteiger charge is -2.32. The van der Waals surface area contributed by atoms with Crippen LogP contribution in [0.3, 0.4) is 0 Å². The molecule has 1 fully saturated rings. The van der Waals surface area contributed by atoms with Crippen LogP contribution in [0.25, 0.3) is 0 Å². The summed E-state index contributed by atoms with van der Waals surface area (Å²) < 4.78 is 5.10. The zero-order chi connectivity index (χ0) is 13.7. The lowest BCUT2D eigenvalue weighted by atomic mass is 9.94. The molecule has 0 radical (unpaired) electrons. The molecule has 1 aliphatic rings. The van der Waals surface area contributed by atoms with Crippen molar-refractivity contribution in [3.63, 3.8) is 0 Å². The molecular formula is C15H22N2O2. The van der Waals surface area contributed by atoms with Crippen LogP contribution in [0.5, 0.6) is 0 Å². The van der Waals surface area contributed by atoms with E-state index in [1.54, 1.807) is 18.3 Å². The summed E-state index contributed by atoms with van der Waals surface area (Å²) in [5, 5.41) is 0. The first-order valence-corrected chi connectivity index (χ1v) is 7.09. The van der Waals surface area contributed by atoms with Gasteiger partial charge in [0.2, 0.25) is 0 Å². The number of carbonyl (C=O) groups excluding carboxylic acids is 1. The molecule has 0 amide bonds. The van der Waals surface area contributed by atoms with E-state index >= 15 is 0 Å². The SMILES string of the molecule is CCOC(=O)c1cccnc1N(C)C1CCCCC1. The first kappa shape index (κ1) is 13.8. The molecule has 0 aliphatic heterocycles. The maximum Gasteiger partial charge on any atom is 0.341 e. The summed E-state index contributed by atoms with van der Waals surface area (Å²) in [6.45, 7) is 2.21. The minimum Gasteiger partial charge on any atom is -0.462 e. The van der Waals surface area contributed by atoms with Crippen molar-refractivity contribution < 1.29 is 9.53 Å². The first-order valence-electron chi connectivity index (χ1n) is 7.09. The van der Waals surface area contributed by atoms with Gasteiger partial charge in [0.05, 0.1) is 6.61 Å². The summed E-state index contributed by atoms with van der Waals surface area (Å²) >= 11 is 0. The van der Waals surface area contributed by atoms with Crippen LogP contribution in [0.1, 0.15) is 49.4 Å². The highest BCUT2D eigenvalue weighted by atomic mass is 16.5. The van der Waals surface area contributed by atoms with Gasteiger partial charge in [0.15, 0.2) is 0 Å². The average molecular weight is 262 g/mol. The summed E-state index contributed by atoms with van der Waals surface area (Å²) in [6.07, 6.45) is 7.92. The van der Waals surface area contributed by atoms with Crippen LogP contribution < -0.4 is 4.90 Å². The number of rotatable bonds is 4. The number of anilines is 1. The van der Waals surface area contributed by atoms with Crippen molar-refractivity contribution in [3.05, 3.63) is 23.9 Å². The predicted octanol–water partition coefficient (Wildman–Crippen LogP) is 3.03. The van der Waals surface area contributed by atoms with Gasteiger partial charge < -0.3 is 9.64 Å². The molecule has 1 aliphatic carbocycles. The van der Waals surface area contributed by atoms with E-state index in [-0.39, 0.29) is 5.97 Å². The molecule has 1 aromatic rings. The lowest BCUT2D eigenvalue weighted by molar-refractivity contribution is 0.0526. The van der Waals surface area contributed by atoms with Gasteiger partial charge in [0.1, 0.15) is 11.4 Å². The molecule has 0 aromatic carbocycles. The molecule has 1 saturated carbocycles. The van der Waals surface area contributed by atoms with Gasteiger partial charge in [-0.2, -0.15) is 0 Å². The molecule has 0 bridgehead atoms. The van der Waals surface area contributed by atoms with Gasteiger partial charge in [-0.3, -0.25) is 0 Å². The van der Waals surface area contributed by atoms with E-state index in [1.807, 2.05) is 14.0 Å². The third kappa shape index (κ3) is 3.25. The second-order valence-electron chi connectivity index (χ2n) is 5.00. The van der Waals surface area contributed by atoms with Gasteiger partial charge >= 0.3 is 5.97 Å². The Bertz CT molecular complexity index is 428. The van der Waals surface area contributed by atoms with E-state index in [0.717, 1.165) is 5.82 Å². The highest BCUT2D eigenvalue weighted by Crippen LogP contribution is 2.27. The number of carbonyl (C=O) groups is 1. The predicted molar refractivity (Wildman–Crippen MR) is 75.5 cm³/mol. The highest BCUT2D eigenvalue weighted by Gasteiger charge is 2.23. The van der Waals surface area contributed by atoms with Crippen LogP contribution in [0.2, 0.25) is 0 Å². The van der Waals surface area contributed by atoms with Crippen molar-refractivity contribution in [3.8, 4) is 0 Å². The summed E-state index contributed by atoms with van der Waals surface area (Å²) in [4.78, 5) is 18.5. The van der Waals surface area contributed by atoms with E-state index in [4.69, 9.17) is 4.74 Å². The number of nitrogens with zero attached hydrogens (tertiary/aromatic N) is 2. The molecule has 2 rings (SSSR count). The van der Waals surface area contributed by atoms with E-state index in [1.165, 1.54) is 32.1 Å². The second-order valence-corrected chi connectivity index (χ2v) is 5.00. The first-order chi connectivity index (χ1) is 9.24. The Labute approximate surface area is 114 Å². The highest BCUT2D eigenvalue weighted by molar-refractivity contribution is 5.94. The monoisotopic (exact) mass is 262 g/mol. The molecule has 4 heteroatoms. The number of hydrogen-bond donors (Lipinski definition) is 0. The van der Waals surface area contributed by atoms with Gasteiger partial charge in [-0.05, 0) is 31.9 Å². The van der Waals surface area contributed by atoms with Gasteiger partial charge in [0, 0.05) is 19.3 Å². The van der Waals surface area contributed by atoms with E-state index in [2.05, 4.69) is 9.88 Å². The number of ether oxygens (including phenoxy) is 1. The Morgan fingerprint density at radius 2 is 2.16 bits per heavy atom. The van der Waals surface area contributed by atoms with Gasteiger partial charge in [-0.15, -0.1) is 0 Å². The fraction of sp³-hybridized carbons (Fsp3) is 0.600. The quantitative estimate of drug-likeness (QED) is 0.782. The lowest BCUT2D eigenvalue weighted by Crippen LogP contribution is -2.35. The Kier molecular flexibility index (Phi) is 4.77. The van der Waals surface area contributed by atoms with Crippen LogP contribution in [0.4, 0.5) is 5.82 Å². The minimum absolute atomic E-state index is 0.284. The summed E-state index contributed by atoms with van der Waals surface area (Å²) in [5.74, 6) is 0.459. The van der Waals surface area contributed by atoms with E-state index in [9.17, 15) is 4.79 Å². The molecule has 4 nitrogen and oxygen atoms in total. The molecule has 0 saturated heterocycles. The minimum atomic E-state index is -0.284. The van der Waals surface area contributed by atoms with Crippen molar-refractivity contribution >= 4 is 11.8 Å². The fourth-order valence-corrected chi connectivity index (χ4v) is 2.69. The van der Waals surface area contributed by atoms with Crippen LogP contribution in [-0.4, -0.2) is 30.6 Å². The normalized spacial score (nSPS) is 16.1. The van der Waals surface area contributed by atoms with Crippen LogP contribution in [0.15, 0.2) is 18.3 Å². The van der Waals surface area contributed by atoms with Gasteiger partial charge in [-0.25, -0.2) is 9.78 Å². The standard InChI is InChI=1S/C15H22N2O2/c1-3-19-15(18)13-10-7-11-16-14(13)17(2)12-8-5-4-6-9-12/h7,10-12H,3-6,8-9H2,1-2H3. The third-order valence-electron chi connectivity index (χ3n) is 3.74. The van der Waals surface area contributed by atoms with Gasteiger partial charge in [-0.1, -0.05) is 19.3 Å².